The van der Waals surface area contributed by atoms with E-state index < -0.39 is 5.82 Å². The average molecular weight is 515 g/mol. The molecule has 0 saturated heterocycles. The maximum atomic E-state index is 13.6. The number of halogens is 2. The zero-order valence-electron chi connectivity index (χ0n) is 19.7. The van der Waals surface area contributed by atoms with E-state index in [1.165, 1.54) is 29.1 Å². The molecule has 0 radical (unpaired) electrons. The molecule has 5 nitrogen and oxygen atoms in total. The third-order valence-electron chi connectivity index (χ3n) is 6.42. The molecular formula is C27H28ClFN2O3S. The van der Waals surface area contributed by atoms with Crippen LogP contribution >= 0.6 is 22.9 Å². The Morgan fingerprint density at radius 3 is 2.57 bits per heavy atom. The summed E-state index contributed by atoms with van der Waals surface area (Å²) >= 11 is 7.67. The first-order valence-corrected chi connectivity index (χ1v) is 12.9. The molecule has 35 heavy (non-hydrogen) atoms. The van der Waals surface area contributed by atoms with Gasteiger partial charge in [0, 0.05) is 28.0 Å². The van der Waals surface area contributed by atoms with Crippen molar-refractivity contribution in [1.29, 1.82) is 0 Å². The van der Waals surface area contributed by atoms with Crippen LogP contribution in [0.2, 0.25) is 5.02 Å². The van der Waals surface area contributed by atoms with E-state index in [1.807, 2.05) is 30.2 Å². The molecule has 0 N–H and O–H groups in total. The first-order chi connectivity index (χ1) is 16.9. The quantitative estimate of drug-likeness (QED) is 0.371. The van der Waals surface area contributed by atoms with Crippen molar-refractivity contribution >= 4 is 34.8 Å². The fourth-order valence-electron chi connectivity index (χ4n) is 4.22. The van der Waals surface area contributed by atoms with E-state index >= 15 is 0 Å². The number of hydrogen-bond donors (Lipinski definition) is 0. The van der Waals surface area contributed by atoms with Gasteiger partial charge in [0.05, 0.1) is 6.04 Å². The van der Waals surface area contributed by atoms with Gasteiger partial charge in [0.2, 0.25) is 5.91 Å². The van der Waals surface area contributed by atoms with E-state index in [1.54, 1.807) is 40.5 Å². The largest absolute Gasteiger partial charge is 0.491 e. The zero-order chi connectivity index (χ0) is 24.9. The predicted octanol–water partition coefficient (Wildman–Crippen LogP) is 5.99. The Labute approximate surface area is 214 Å². The second kappa shape index (κ2) is 11.2. The smallest absolute Gasteiger partial charge is 0.254 e. The number of amides is 2. The molecular weight excluding hydrogens is 487 g/mol. The molecule has 2 unspecified atom stereocenters. The third-order valence-corrected chi connectivity index (χ3v) is 7.67. The highest BCUT2D eigenvalue weighted by Crippen LogP contribution is 2.34. The minimum absolute atomic E-state index is 0.0534. The fraction of sp³-hybridized carbons (Fsp3) is 0.333. The highest BCUT2D eigenvalue weighted by atomic mass is 35.5. The van der Waals surface area contributed by atoms with Gasteiger partial charge in [-0.05, 0) is 85.3 Å². The summed E-state index contributed by atoms with van der Waals surface area (Å²) in [6.45, 7) is 4.69. The summed E-state index contributed by atoms with van der Waals surface area (Å²) in [5.41, 5.74) is 1.45. The standard InChI is InChI=1S/C27H28ClFN2O3S/c1-3-18(2)31(27(33)19-4-8-21(29)9-5-19)16-26(32)30-14-12-25-23(13-15-35-25)24(30)17-34-22-10-6-20(28)7-11-22/h4-11,13,15,18,24H,3,12,14,16-17H2,1-2H3. The van der Waals surface area contributed by atoms with Crippen LogP contribution in [0.5, 0.6) is 5.75 Å². The van der Waals surface area contributed by atoms with Crippen molar-refractivity contribution in [1.82, 2.24) is 9.80 Å². The van der Waals surface area contributed by atoms with Crippen molar-refractivity contribution in [2.75, 3.05) is 19.7 Å². The maximum absolute atomic E-state index is 13.6. The van der Waals surface area contributed by atoms with E-state index in [4.69, 9.17) is 16.3 Å². The number of hydrogen-bond acceptors (Lipinski definition) is 4. The molecule has 0 spiro atoms. The van der Waals surface area contributed by atoms with Gasteiger partial charge < -0.3 is 14.5 Å². The molecule has 1 aromatic heterocycles. The Balaban J connectivity index is 1.54. The van der Waals surface area contributed by atoms with E-state index in [-0.39, 0.29) is 30.4 Å². The molecule has 8 heteroatoms. The van der Waals surface area contributed by atoms with Crippen LogP contribution in [0.1, 0.15) is 47.1 Å². The number of carbonyl (C=O) groups is 2. The summed E-state index contributed by atoms with van der Waals surface area (Å²) in [6.07, 6.45) is 1.46. The lowest BCUT2D eigenvalue weighted by molar-refractivity contribution is -0.136. The molecule has 1 aliphatic heterocycles. The van der Waals surface area contributed by atoms with E-state index in [2.05, 4.69) is 0 Å². The van der Waals surface area contributed by atoms with Crippen LogP contribution in [0.3, 0.4) is 0 Å². The van der Waals surface area contributed by atoms with E-state index in [0.29, 0.717) is 35.9 Å². The van der Waals surface area contributed by atoms with Crippen molar-refractivity contribution in [3.05, 3.63) is 86.8 Å². The molecule has 184 valence electrons. The number of ether oxygens (including phenoxy) is 1. The van der Waals surface area contributed by atoms with Crippen molar-refractivity contribution in [2.45, 2.75) is 38.8 Å². The summed E-state index contributed by atoms with van der Waals surface area (Å²) in [5, 5.41) is 2.67. The highest BCUT2D eigenvalue weighted by molar-refractivity contribution is 7.10. The summed E-state index contributed by atoms with van der Waals surface area (Å²) in [4.78, 5) is 31.5. The highest BCUT2D eigenvalue weighted by Gasteiger charge is 2.34. The summed E-state index contributed by atoms with van der Waals surface area (Å²) in [6, 6.07) is 14.2. The number of thiophene rings is 1. The Morgan fingerprint density at radius 2 is 1.89 bits per heavy atom. The van der Waals surface area contributed by atoms with Gasteiger partial charge in [-0.3, -0.25) is 9.59 Å². The molecule has 1 aliphatic rings. The van der Waals surface area contributed by atoms with Crippen LogP contribution < -0.4 is 4.74 Å². The zero-order valence-corrected chi connectivity index (χ0v) is 21.3. The molecule has 3 aromatic rings. The predicted molar refractivity (Wildman–Crippen MR) is 137 cm³/mol. The molecule has 4 rings (SSSR count). The molecule has 2 amide bonds. The average Bonchev–Trinajstić information content (AvgIpc) is 3.35. The lowest BCUT2D eigenvalue weighted by Gasteiger charge is -2.38. The van der Waals surface area contributed by atoms with Gasteiger partial charge in [-0.15, -0.1) is 11.3 Å². The van der Waals surface area contributed by atoms with Gasteiger partial charge >= 0.3 is 0 Å². The van der Waals surface area contributed by atoms with Crippen molar-refractivity contribution in [3.8, 4) is 5.75 Å². The Bertz CT molecular complexity index is 1170. The molecule has 0 fully saturated rings. The maximum Gasteiger partial charge on any atom is 0.254 e. The van der Waals surface area contributed by atoms with Crippen molar-refractivity contribution in [2.24, 2.45) is 0 Å². The van der Waals surface area contributed by atoms with Gasteiger partial charge in [0.1, 0.15) is 24.7 Å². The van der Waals surface area contributed by atoms with Crippen LogP contribution in [-0.2, 0) is 11.2 Å². The topological polar surface area (TPSA) is 49.9 Å². The van der Waals surface area contributed by atoms with Gasteiger partial charge in [0.25, 0.3) is 5.91 Å². The summed E-state index contributed by atoms with van der Waals surface area (Å²) in [7, 11) is 0. The van der Waals surface area contributed by atoms with Crippen LogP contribution in [0.15, 0.2) is 60.0 Å². The Morgan fingerprint density at radius 1 is 1.17 bits per heavy atom. The Kier molecular flexibility index (Phi) is 8.08. The van der Waals surface area contributed by atoms with Crippen LogP contribution in [-0.4, -0.2) is 47.4 Å². The molecule has 0 saturated carbocycles. The van der Waals surface area contributed by atoms with Gasteiger partial charge in [0.15, 0.2) is 0 Å². The summed E-state index contributed by atoms with van der Waals surface area (Å²) < 4.78 is 19.4. The molecule has 2 heterocycles. The SMILES string of the molecule is CCC(C)N(CC(=O)N1CCc2sccc2C1COc1ccc(Cl)cc1)C(=O)c1ccc(F)cc1. The van der Waals surface area contributed by atoms with Gasteiger partial charge in [-0.2, -0.15) is 0 Å². The normalized spacial score (nSPS) is 15.9. The first kappa shape index (κ1) is 25.2. The lowest BCUT2D eigenvalue weighted by Crippen LogP contribution is -2.49. The van der Waals surface area contributed by atoms with Crippen molar-refractivity contribution in [3.63, 3.8) is 0 Å². The van der Waals surface area contributed by atoms with E-state index in [9.17, 15) is 14.0 Å². The van der Waals surface area contributed by atoms with Crippen molar-refractivity contribution < 1.29 is 18.7 Å². The number of nitrogens with zero attached hydrogens (tertiary/aromatic N) is 2. The monoisotopic (exact) mass is 514 g/mol. The first-order valence-electron chi connectivity index (χ1n) is 11.7. The number of benzene rings is 2. The number of fused-ring (bicyclic) bond motifs is 1. The van der Waals surface area contributed by atoms with E-state index in [0.717, 1.165) is 12.0 Å². The second-order valence-corrected chi connectivity index (χ2v) is 10.1. The minimum Gasteiger partial charge on any atom is -0.491 e. The molecule has 0 aliphatic carbocycles. The number of rotatable bonds is 8. The second-order valence-electron chi connectivity index (χ2n) is 8.61. The number of carbonyl (C=O) groups excluding carboxylic acids is 2. The van der Waals surface area contributed by atoms with Gasteiger partial charge in [-0.1, -0.05) is 18.5 Å². The summed E-state index contributed by atoms with van der Waals surface area (Å²) in [5.74, 6) is -0.148. The molecule has 0 bridgehead atoms. The molecule has 2 aromatic carbocycles. The third kappa shape index (κ3) is 5.85. The molecule has 2 atom stereocenters. The van der Waals surface area contributed by atoms with Crippen LogP contribution in [0, 0.1) is 5.82 Å². The minimum atomic E-state index is -0.406. The van der Waals surface area contributed by atoms with Gasteiger partial charge in [-0.25, -0.2) is 4.39 Å². The fourth-order valence-corrected chi connectivity index (χ4v) is 5.28. The lowest BCUT2D eigenvalue weighted by atomic mass is 10.00. The van der Waals surface area contributed by atoms with Crippen LogP contribution in [0.25, 0.3) is 0 Å². The van der Waals surface area contributed by atoms with Crippen LogP contribution in [0.4, 0.5) is 4.39 Å². The Hall–Kier alpha value is -2.90.